The summed E-state index contributed by atoms with van der Waals surface area (Å²) in [5, 5.41) is 8.52. The standard InChI is InChI=1S/C8H5F3O4S/c9-8(10,11)6-3-4(16(14)15)1-2-5(6)7(12)13/h1-3H,(H,12,13)(H,14,15). The van der Waals surface area contributed by atoms with Gasteiger partial charge in [-0.2, -0.15) is 13.2 Å². The molecule has 0 bridgehead atoms. The summed E-state index contributed by atoms with van der Waals surface area (Å²) in [4.78, 5) is 10.0. The van der Waals surface area contributed by atoms with E-state index in [1.165, 1.54) is 0 Å². The Bertz CT molecular complexity index is 455. The maximum absolute atomic E-state index is 12.4. The lowest BCUT2D eigenvalue weighted by Crippen LogP contribution is -2.13. The van der Waals surface area contributed by atoms with Gasteiger partial charge in [0.05, 0.1) is 16.0 Å². The topological polar surface area (TPSA) is 74.6 Å². The van der Waals surface area contributed by atoms with E-state index in [0.29, 0.717) is 12.1 Å². The molecular weight excluding hydrogens is 249 g/mol. The largest absolute Gasteiger partial charge is 0.478 e. The summed E-state index contributed by atoms with van der Waals surface area (Å²) in [6.45, 7) is 0. The van der Waals surface area contributed by atoms with Crippen LogP contribution in [0.5, 0.6) is 0 Å². The lowest BCUT2D eigenvalue weighted by molar-refractivity contribution is -0.138. The van der Waals surface area contributed by atoms with E-state index in [2.05, 4.69) is 0 Å². The van der Waals surface area contributed by atoms with Crippen molar-refractivity contribution < 1.29 is 31.8 Å². The van der Waals surface area contributed by atoms with E-state index in [1.54, 1.807) is 0 Å². The van der Waals surface area contributed by atoms with Gasteiger partial charge in [-0.15, -0.1) is 0 Å². The van der Waals surface area contributed by atoms with Gasteiger partial charge in [-0.1, -0.05) is 0 Å². The van der Waals surface area contributed by atoms with Crippen LogP contribution >= 0.6 is 0 Å². The molecule has 2 N–H and O–H groups in total. The van der Waals surface area contributed by atoms with Crippen molar-refractivity contribution >= 4 is 17.0 Å². The van der Waals surface area contributed by atoms with E-state index in [4.69, 9.17) is 9.66 Å². The molecule has 4 nitrogen and oxygen atoms in total. The minimum Gasteiger partial charge on any atom is -0.478 e. The Morgan fingerprint density at radius 3 is 2.25 bits per heavy atom. The number of carboxylic acids is 1. The normalized spacial score (nSPS) is 13.5. The predicted octanol–water partition coefficient (Wildman–Crippen LogP) is 1.98. The van der Waals surface area contributed by atoms with Crippen molar-refractivity contribution in [1.82, 2.24) is 0 Å². The number of hydrogen-bond donors (Lipinski definition) is 2. The number of hydrogen-bond acceptors (Lipinski definition) is 2. The molecule has 1 aromatic rings. The van der Waals surface area contributed by atoms with E-state index in [9.17, 15) is 22.2 Å². The highest BCUT2D eigenvalue weighted by atomic mass is 32.2. The molecule has 0 aliphatic heterocycles. The van der Waals surface area contributed by atoms with Crippen molar-refractivity contribution in [3.05, 3.63) is 29.3 Å². The Labute approximate surface area is 90.0 Å². The smallest absolute Gasteiger partial charge is 0.417 e. The van der Waals surface area contributed by atoms with Gasteiger partial charge >= 0.3 is 12.1 Å². The fraction of sp³-hybridized carbons (Fsp3) is 0.125. The first-order chi connectivity index (χ1) is 7.23. The number of alkyl halides is 3. The third-order valence-electron chi connectivity index (χ3n) is 1.73. The Morgan fingerprint density at radius 1 is 1.31 bits per heavy atom. The molecular formula is C8H5F3O4S. The van der Waals surface area contributed by atoms with Crippen molar-refractivity contribution in [2.45, 2.75) is 11.1 Å². The van der Waals surface area contributed by atoms with Gasteiger partial charge < -0.3 is 9.66 Å². The Kier molecular flexibility index (Phi) is 3.34. The zero-order valence-corrected chi connectivity index (χ0v) is 8.30. The number of halogens is 3. The zero-order valence-electron chi connectivity index (χ0n) is 7.49. The number of benzene rings is 1. The third kappa shape index (κ3) is 2.58. The second-order valence-electron chi connectivity index (χ2n) is 2.76. The first-order valence-electron chi connectivity index (χ1n) is 3.79. The van der Waals surface area contributed by atoms with Crippen LogP contribution < -0.4 is 0 Å². The van der Waals surface area contributed by atoms with Gasteiger partial charge in [0.15, 0.2) is 11.1 Å². The fourth-order valence-electron chi connectivity index (χ4n) is 1.05. The summed E-state index contributed by atoms with van der Waals surface area (Å²) in [6.07, 6.45) is -4.89. The number of rotatable bonds is 2. The molecule has 0 aliphatic rings. The SMILES string of the molecule is O=C(O)c1ccc(S(=O)O)cc1C(F)(F)F. The van der Waals surface area contributed by atoms with Crippen LogP contribution in [0.2, 0.25) is 0 Å². The van der Waals surface area contributed by atoms with Crippen molar-refractivity contribution in [3.63, 3.8) is 0 Å². The first kappa shape index (κ1) is 12.7. The monoisotopic (exact) mass is 254 g/mol. The van der Waals surface area contributed by atoms with Gasteiger partial charge in [-0.25, -0.2) is 9.00 Å². The summed E-state index contributed by atoms with van der Waals surface area (Å²) >= 11 is -2.59. The predicted molar refractivity (Wildman–Crippen MR) is 47.4 cm³/mol. The van der Waals surface area contributed by atoms with Crippen LogP contribution in [0, 0.1) is 0 Å². The van der Waals surface area contributed by atoms with E-state index < -0.39 is 39.2 Å². The van der Waals surface area contributed by atoms with Crippen LogP contribution in [0.25, 0.3) is 0 Å². The molecule has 0 fully saturated rings. The van der Waals surface area contributed by atoms with Gasteiger partial charge in [0.2, 0.25) is 0 Å². The quantitative estimate of drug-likeness (QED) is 0.791. The lowest BCUT2D eigenvalue weighted by atomic mass is 10.1. The summed E-state index contributed by atoms with van der Waals surface area (Å²) in [7, 11) is 0. The minimum absolute atomic E-state index is 0.347. The molecule has 0 saturated heterocycles. The van der Waals surface area contributed by atoms with Crippen molar-refractivity contribution in [2.75, 3.05) is 0 Å². The second kappa shape index (κ2) is 4.22. The molecule has 0 aromatic heterocycles. The number of carbonyl (C=O) groups is 1. The van der Waals surface area contributed by atoms with Crippen LogP contribution in [0.3, 0.4) is 0 Å². The van der Waals surface area contributed by atoms with Crippen molar-refractivity contribution in [1.29, 1.82) is 0 Å². The second-order valence-corrected chi connectivity index (χ2v) is 3.73. The molecule has 1 atom stereocenters. The van der Waals surface area contributed by atoms with Gasteiger partial charge in [-0.05, 0) is 18.2 Å². The molecule has 1 rings (SSSR count). The molecule has 0 heterocycles. The van der Waals surface area contributed by atoms with Gasteiger partial charge in [-0.3, -0.25) is 0 Å². The van der Waals surface area contributed by atoms with Crippen LogP contribution in [-0.4, -0.2) is 19.8 Å². The number of aromatic carboxylic acids is 1. The maximum atomic E-state index is 12.4. The van der Waals surface area contributed by atoms with Crippen LogP contribution in [0.15, 0.2) is 23.1 Å². The Morgan fingerprint density at radius 2 is 1.88 bits per heavy atom. The van der Waals surface area contributed by atoms with Crippen LogP contribution in [0.4, 0.5) is 13.2 Å². The van der Waals surface area contributed by atoms with Crippen LogP contribution in [0.1, 0.15) is 15.9 Å². The molecule has 16 heavy (non-hydrogen) atoms. The fourth-order valence-corrected chi connectivity index (χ4v) is 1.46. The average molecular weight is 254 g/mol. The van der Waals surface area contributed by atoms with E-state index >= 15 is 0 Å². The lowest BCUT2D eigenvalue weighted by Gasteiger charge is -2.10. The Balaban J connectivity index is 3.45. The molecule has 1 unspecified atom stereocenters. The summed E-state index contributed by atoms with van der Waals surface area (Å²) in [5.41, 5.74) is -2.40. The Hall–Kier alpha value is -1.41. The molecule has 0 radical (unpaired) electrons. The number of carboxylic acid groups (broad SMARTS) is 1. The third-order valence-corrected chi connectivity index (χ3v) is 2.39. The molecule has 0 spiro atoms. The molecule has 8 heteroatoms. The van der Waals surface area contributed by atoms with Gasteiger partial charge in [0.1, 0.15) is 0 Å². The van der Waals surface area contributed by atoms with E-state index in [0.717, 1.165) is 6.07 Å². The summed E-state index contributed by atoms with van der Waals surface area (Å²) in [6, 6.07) is 1.85. The molecule has 0 aliphatic carbocycles. The summed E-state index contributed by atoms with van der Waals surface area (Å²) in [5.74, 6) is -1.75. The van der Waals surface area contributed by atoms with Crippen molar-refractivity contribution in [3.8, 4) is 0 Å². The molecule has 1 aromatic carbocycles. The van der Waals surface area contributed by atoms with Crippen molar-refractivity contribution in [2.24, 2.45) is 0 Å². The van der Waals surface area contributed by atoms with Gasteiger partial charge in [0.25, 0.3) is 0 Å². The molecule has 88 valence electrons. The average Bonchev–Trinajstić information content (AvgIpc) is 2.15. The highest BCUT2D eigenvalue weighted by Gasteiger charge is 2.35. The molecule has 0 amide bonds. The maximum Gasteiger partial charge on any atom is 0.417 e. The van der Waals surface area contributed by atoms with E-state index in [-0.39, 0.29) is 0 Å². The highest BCUT2D eigenvalue weighted by molar-refractivity contribution is 7.79. The molecule has 0 saturated carbocycles. The van der Waals surface area contributed by atoms with Crippen LogP contribution in [-0.2, 0) is 17.3 Å². The highest BCUT2D eigenvalue weighted by Crippen LogP contribution is 2.33. The zero-order chi connectivity index (χ0) is 12.5. The summed E-state index contributed by atoms with van der Waals surface area (Å²) < 4.78 is 56.4. The minimum atomic E-state index is -4.89. The van der Waals surface area contributed by atoms with Gasteiger partial charge in [0, 0.05) is 0 Å². The van der Waals surface area contributed by atoms with E-state index in [1.807, 2.05) is 0 Å². The first-order valence-corrected chi connectivity index (χ1v) is 4.89.